The second kappa shape index (κ2) is 9.46. The van der Waals surface area contributed by atoms with Crippen LogP contribution in [0.4, 0.5) is 5.69 Å². The number of piperidine rings is 1. The minimum Gasteiger partial charge on any atom is -0.306 e. The van der Waals surface area contributed by atoms with Gasteiger partial charge in [-0.05, 0) is 66.9 Å². The molecule has 1 heterocycles. The van der Waals surface area contributed by atoms with E-state index in [9.17, 15) is 4.79 Å². The van der Waals surface area contributed by atoms with Crippen molar-refractivity contribution in [2.75, 3.05) is 31.1 Å². The minimum absolute atomic E-state index is 0.0654. The van der Waals surface area contributed by atoms with Gasteiger partial charge in [-0.1, -0.05) is 75.7 Å². The predicted octanol–water partition coefficient (Wildman–Crippen LogP) is 6.58. The van der Waals surface area contributed by atoms with Crippen LogP contribution in [-0.2, 0) is 5.41 Å². The van der Waals surface area contributed by atoms with Crippen LogP contribution in [0.3, 0.4) is 0 Å². The van der Waals surface area contributed by atoms with E-state index in [0.29, 0.717) is 6.54 Å². The first-order valence-corrected chi connectivity index (χ1v) is 12.0. The fourth-order valence-electron chi connectivity index (χ4n) is 4.72. The van der Waals surface area contributed by atoms with Gasteiger partial charge in [-0.25, -0.2) is 0 Å². The van der Waals surface area contributed by atoms with Crippen molar-refractivity contribution in [2.24, 2.45) is 0 Å². The lowest BCUT2D eigenvalue weighted by Gasteiger charge is -2.31. The molecule has 32 heavy (non-hydrogen) atoms. The largest absolute Gasteiger partial charge is 0.306 e. The molecule has 1 saturated heterocycles. The van der Waals surface area contributed by atoms with Crippen molar-refractivity contribution in [3.8, 4) is 0 Å². The number of hydrogen-bond donors (Lipinski definition) is 0. The Morgan fingerprint density at radius 2 is 1.66 bits per heavy atom. The number of amides is 1. The van der Waals surface area contributed by atoms with E-state index >= 15 is 0 Å². The third kappa shape index (κ3) is 4.88. The Morgan fingerprint density at radius 3 is 2.38 bits per heavy atom. The lowest BCUT2D eigenvalue weighted by Crippen LogP contribution is -2.41. The summed E-state index contributed by atoms with van der Waals surface area (Å²) in [7, 11) is 0. The number of benzene rings is 3. The van der Waals surface area contributed by atoms with Gasteiger partial charge in [0.2, 0.25) is 0 Å². The standard InChI is InChI=1S/C29H36N2O/c1-22-21-24(29(2,3)4)15-16-25(22)28(32)31(20-19-30-17-8-5-9-18-30)27-14-10-12-23-11-6-7-13-26(23)27/h6-7,10-16,21H,5,8-9,17-20H2,1-4H3. The second-order valence-electron chi connectivity index (χ2n) is 10.1. The summed E-state index contributed by atoms with van der Waals surface area (Å²) in [6.45, 7) is 12.6. The van der Waals surface area contributed by atoms with Crippen LogP contribution in [0.25, 0.3) is 10.8 Å². The number of hydrogen-bond acceptors (Lipinski definition) is 2. The molecule has 0 aliphatic carbocycles. The highest BCUT2D eigenvalue weighted by Gasteiger charge is 2.24. The quantitative estimate of drug-likeness (QED) is 0.458. The van der Waals surface area contributed by atoms with E-state index in [1.165, 1.54) is 30.2 Å². The first-order chi connectivity index (χ1) is 15.3. The van der Waals surface area contributed by atoms with Crippen LogP contribution >= 0.6 is 0 Å². The third-order valence-corrected chi connectivity index (χ3v) is 6.71. The average molecular weight is 429 g/mol. The molecule has 4 rings (SSSR count). The van der Waals surface area contributed by atoms with Crippen molar-refractivity contribution in [1.82, 2.24) is 4.90 Å². The normalized spacial score (nSPS) is 15.1. The number of aryl methyl sites for hydroxylation is 1. The summed E-state index contributed by atoms with van der Waals surface area (Å²) < 4.78 is 0. The Bertz CT molecular complexity index is 1080. The van der Waals surface area contributed by atoms with Gasteiger partial charge in [0.25, 0.3) is 5.91 Å². The van der Waals surface area contributed by atoms with Gasteiger partial charge < -0.3 is 9.80 Å². The SMILES string of the molecule is Cc1cc(C(C)(C)C)ccc1C(=O)N(CCN1CCCCC1)c1cccc2ccccc12. The van der Waals surface area contributed by atoms with Gasteiger partial charge in [0.15, 0.2) is 0 Å². The Hall–Kier alpha value is -2.65. The number of fused-ring (bicyclic) bond motifs is 1. The molecule has 0 bridgehead atoms. The molecule has 0 N–H and O–H groups in total. The smallest absolute Gasteiger partial charge is 0.258 e. The van der Waals surface area contributed by atoms with Gasteiger partial charge in [-0.15, -0.1) is 0 Å². The van der Waals surface area contributed by atoms with E-state index in [1.54, 1.807) is 0 Å². The van der Waals surface area contributed by atoms with E-state index in [1.807, 2.05) is 11.0 Å². The van der Waals surface area contributed by atoms with Crippen molar-refractivity contribution >= 4 is 22.4 Å². The van der Waals surface area contributed by atoms with Crippen molar-refractivity contribution in [1.29, 1.82) is 0 Å². The number of carbonyl (C=O) groups excluding carboxylic acids is 1. The van der Waals surface area contributed by atoms with Gasteiger partial charge in [0.05, 0.1) is 5.69 Å². The molecule has 1 aliphatic rings. The van der Waals surface area contributed by atoms with Gasteiger partial charge in [0.1, 0.15) is 0 Å². The summed E-state index contributed by atoms with van der Waals surface area (Å²) in [5.41, 5.74) is 4.17. The molecule has 3 aromatic rings. The van der Waals surface area contributed by atoms with Crippen molar-refractivity contribution in [3.05, 3.63) is 77.4 Å². The Morgan fingerprint density at radius 1 is 0.938 bits per heavy atom. The molecule has 0 spiro atoms. The molecule has 0 radical (unpaired) electrons. The zero-order valence-corrected chi connectivity index (χ0v) is 20.0. The molecule has 3 aromatic carbocycles. The molecule has 1 amide bonds. The maximum atomic E-state index is 14.0. The summed E-state index contributed by atoms with van der Waals surface area (Å²) >= 11 is 0. The summed E-state index contributed by atoms with van der Waals surface area (Å²) in [5, 5.41) is 2.30. The lowest BCUT2D eigenvalue weighted by atomic mass is 9.85. The highest BCUT2D eigenvalue weighted by atomic mass is 16.2. The van der Waals surface area contributed by atoms with Crippen LogP contribution in [0.15, 0.2) is 60.7 Å². The van der Waals surface area contributed by atoms with Crippen molar-refractivity contribution in [3.63, 3.8) is 0 Å². The summed E-state index contributed by atoms with van der Waals surface area (Å²) in [4.78, 5) is 18.5. The van der Waals surface area contributed by atoms with Crippen LogP contribution in [0.2, 0.25) is 0 Å². The number of anilines is 1. The van der Waals surface area contributed by atoms with E-state index in [2.05, 4.69) is 87.2 Å². The van der Waals surface area contributed by atoms with E-state index in [4.69, 9.17) is 0 Å². The van der Waals surface area contributed by atoms with Crippen LogP contribution in [0, 0.1) is 6.92 Å². The highest BCUT2D eigenvalue weighted by molar-refractivity contribution is 6.11. The summed E-state index contributed by atoms with van der Waals surface area (Å²) in [6, 6.07) is 21.0. The highest BCUT2D eigenvalue weighted by Crippen LogP contribution is 2.30. The van der Waals surface area contributed by atoms with Gasteiger partial charge in [0, 0.05) is 24.0 Å². The van der Waals surface area contributed by atoms with Gasteiger partial charge in [-0.2, -0.15) is 0 Å². The Kier molecular flexibility index (Phi) is 6.66. The number of carbonyl (C=O) groups is 1. The lowest BCUT2D eigenvalue weighted by molar-refractivity contribution is 0.0982. The monoisotopic (exact) mass is 428 g/mol. The molecule has 0 unspecified atom stereocenters. The first kappa shape index (κ1) is 22.5. The van der Waals surface area contributed by atoms with Crippen molar-refractivity contribution in [2.45, 2.75) is 52.4 Å². The van der Waals surface area contributed by atoms with E-state index < -0.39 is 0 Å². The molecule has 0 saturated carbocycles. The summed E-state index contributed by atoms with van der Waals surface area (Å²) in [6.07, 6.45) is 3.84. The first-order valence-electron chi connectivity index (χ1n) is 12.0. The average Bonchev–Trinajstić information content (AvgIpc) is 2.79. The summed E-state index contributed by atoms with van der Waals surface area (Å²) in [5.74, 6) is 0.0938. The Balaban J connectivity index is 1.70. The molecule has 1 aliphatic heterocycles. The molecule has 168 valence electrons. The molecule has 0 atom stereocenters. The topological polar surface area (TPSA) is 23.6 Å². The molecular weight excluding hydrogens is 392 g/mol. The fraction of sp³-hybridized carbons (Fsp3) is 0.414. The zero-order chi connectivity index (χ0) is 22.7. The molecule has 3 nitrogen and oxygen atoms in total. The van der Waals surface area contributed by atoms with Crippen molar-refractivity contribution < 1.29 is 4.79 Å². The number of nitrogens with zero attached hydrogens (tertiary/aromatic N) is 2. The molecular formula is C29H36N2O. The van der Waals surface area contributed by atoms with E-state index in [0.717, 1.165) is 41.8 Å². The minimum atomic E-state index is 0.0654. The van der Waals surface area contributed by atoms with Gasteiger partial charge >= 0.3 is 0 Å². The van der Waals surface area contributed by atoms with Crippen LogP contribution < -0.4 is 4.90 Å². The molecule has 1 fully saturated rings. The van der Waals surface area contributed by atoms with Crippen LogP contribution in [-0.4, -0.2) is 37.0 Å². The fourth-order valence-corrected chi connectivity index (χ4v) is 4.72. The Labute approximate surface area is 193 Å². The maximum absolute atomic E-state index is 14.0. The predicted molar refractivity (Wildman–Crippen MR) is 136 cm³/mol. The van der Waals surface area contributed by atoms with Gasteiger partial charge in [-0.3, -0.25) is 4.79 Å². The number of rotatable bonds is 5. The maximum Gasteiger partial charge on any atom is 0.258 e. The molecule has 3 heteroatoms. The zero-order valence-electron chi connectivity index (χ0n) is 20.0. The third-order valence-electron chi connectivity index (χ3n) is 6.71. The molecule has 0 aromatic heterocycles. The van der Waals surface area contributed by atoms with Crippen LogP contribution in [0.5, 0.6) is 0 Å². The number of likely N-dealkylation sites (tertiary alicyclic amines) is 1. The van der Waals surface area contributed by atoms with Crippen LogP contribution in [0.1, 0.15) is 61.5 Å². The van der Waals surface area contributed by atoms with E-state index in [-0.39, 0.29) is 11.3 Å². The second-order valence-corrected chi connectivity index (χ2v) is 10.1.